The first kappa shape index (κ1) is 9.99. The van der Waals surface area contributed by atoms with Crippen LogP contribution in [0.4, 0.5) is 0 Å². The third-order valence-corrected chi connectivity index (χ3v) is 3.91. The zero-order valence-electron chi connectivity index (χ0n) is 7.61. The van der Waals surface area contributed by atoms with Crippen molar-refractivity contribution in [1.82, 2.24) is 0 Å². The molecule has 0 unspecified atom stereocenters. The number of benzene rings is 1. The molecule has 0 bridgehead atoms. The molecular formula is C10H11ClO2S. The number of hydrogen-bond acceptors (Lipinski definition) is 2. The Morgan fingerprint density at radius 2 is 1.79 bits per heavy atom. The van der Waals surface area contributed by atoms with E-state index in [4.69, 9.17) is 10.7 Å². The Labute approximate surface area is 88.3 Å². The Bertz CT molecular complexity index is 421. The third kappa shape index (κ3) is 2.10. The Balaban J connectivity index is 2.27. The molecule has 76 valence electrons. The highest BCUT2D eigenvalue weighted by Gasteiger charge is 2.47. The molecule has 1 aromatic rings. The summed E-state index contributed by atoms with van der Waals surface area (Å²) in [6.45, 7) is 0. The Kier molecular flexibility index (Phi) is 2.32. The van der Waals surface area contributed by atoms with Crippen molar-refractivity contribution in [2.24, 2.45) is 0 Å². The van der Waals surface area contributed by atoms with Gasteiger partial charge in [0.1, 0.15) is 0 Å². The zero-order valence-corrected chi connectivity index (χ0v) is 9.18. The highest BCUT2D eigenvalue weighted by atomic mass is 35.7. The molecule has 2 nitrogen and oxygen atoms in total. The summed E-state index contributed by atoms with van der Waals surface area (Å²) in [4.78, 5) is 0. The quantitative estimate of drug-likeness (QED) is 0.747. The van der Waals surface area contributed by atoms with E-state index in [1.165, 1.54) is 0 Å². The molecule has 0 aliphatic heterocycles. The van der Waals surface area contributed by atoms with E-state index in [9.17, 15) is 8.42 Å². The number of halogens is 1. The summed E-state index contributed by atoms with van der Waals surface area (Å²) in [6, 6.07) is 9.71. The summed E-state index contributed by atoms with van der Waals surface area (Å²) >= 11 is 0. The lowest BCUT2D eigenvalue weighted by Crippen LogP contribution is -2.17. The summed E-state index contributed by atoms with van der Waals surface area (Å²) < 4.78 is 22.1. The number of rotatable bonds is 3. The van der Waals surface area contributed by atoms with Crippen LogP contribution in [-0.4, -0.2) is 14.2 Å². The molecule has 14 heavy (non-hydrogen) atoms. The molecule has 1 aliphatic rings. The van der Waals surface area contributed by atoms with Gasteiger partial charge in [-0.25, -0.2) is 8.42 Å². The van der Waals surface area contributed by atoms with Gasteiger partial charge in [0.2, 0.25) is 9.05 Å². The van der Waals surface area contributed by atoms with Crippen LogP contribution in [0.2, 0.25) is 0 Å². The lowest BCUT2D eigenvalue weighted by Gasteiger charge is -2.12. The van der Waals surface area contributed by atoms with Crippen LogP contribution >= 0.6 is 10.7 Å². The SMILES string of the molecule is O=S(=O)(Cl)CC1(c2ccccc2)CC1. The molecule has 1 fully saturated rings. The zero-order chi connectivity index (χ0) is 10.2. The number of hydrogen-bond donors (Lipinski definition) is 0. The summed E-state index contributed by atoms with van der Waals surface area (Å²) in [5.41, 5.74) is 0.895. The van der Waals surface area contributed by atoms with Crippen molar-refractivity contribution in [3.8, 4) is 0 Å². The second kappa shape index (κ2) is 3.24. The third-order valence-electron chi connectivity index (χ3n) is 2.69. The molecule has 0 radical (unpaired) electrons. The lowest BCUT2D eigenvalue weighted by atomic mass is 9.99. The predicted octanol–water partition coefficient (Wildman–Crippen LogP) is 2.29. The van der Waals surface area contributed by atoms with Crippen molar-refractivity contribution in [1.29, 1.82) is 0 Å². The van der Waals surface area contributed by atoms with E-state index < -0.39 is 9.05 Å². The normalized spacial score (nSPS) is 19.2. The molecule has 0 atom stereocenters. The molecule has 0 spiro atoms. The van der Waals surface area contributed by atoms with Crippen LogP contribution in [0.1, 0.15) is 18.4 Å². The maximum Gasteiger partial charge on any atom is 0.233 e. The van der Waals surface area contributed by atoms with E-state index in [-0.39, 0.29) is 11.2 Å². The highest BCUT2D eigenvalue weighted by molar-refractivity contribution is 8.13. The molecule has 0 aromatic heterocycles. The standard InChI is InChI=1S/C10H11ClO2S/c11-14(12,13)8-10(6-7-10)9-4-2-1-3-5-9/h1-5H,6-8H2. The fourth-order valence-corrected chi connectivity index (χ4v) is 3.53. The van der Waals surface area contributed by atoms with Crippen LogP contribution in [-0.2, 0) is 14.5 Å². The molecule has 0 heterocycles. The fourth-order valence-electron chi connectivity index (χ4n) is 1.79. The van der Waals surface area contributed by atoms with Crippen LogP contribution in [0.15, 0.2) is 30.3 Å². The van der Waals surface area contributed by atoms with Gasteiger partial charge in [0, 0.05) is 16.1 Å². The van der Waals surface area contributed by atoms with Gasteiger partial charge in [0.25, 0.3) is 0 Å². The highest BCUT2D eigenvalue weighted by Crippen LogP contribution is 2.49. The Morgan fingerprint density at radius 3 is 2.21 bits per heavy atom. The van der Waals surface area contributed by atoms with E-state index in [1.807, 2.05) is 30.3 Å². The molecule has 1 aromatic carbocycles. The van der Waals surface area contributed by atoms with Crippen LogP contribution in [0.25, 0.3) is 0 Å². The van der Waals surface area contributed by atoms with Gasteiger partial charge in [-0.05, 0) is 18.4 Å². The summed E-state index contributed by atoms with van der Waals surface area (Å²) in [7, 11) is 1.88. The Morgan fingerprint density at radius 1 is 1.21 bits per heavy atom. The minimum atomic E-state index is -3.40. The second-order valence-corrected chi connectivity index (χ2v) is 6.61. The van der Waals surface area contributed by atoms with Crippen LogP contribution < -0.4 is 0 Å². The summed E-state index contributed by atoms with van der Waals surface area (Å²) in [5, 5.41) is 0. The van der Waals surface area contributed by atoms with Crippen molar-refractivity contribution >= 4 is 19.7 Å². The smallest absolute Gasteiger partial charge is 0.212 e. The fraction of sp³-hybridized carbons (Fsp3) is 0.400. The molecule has 2 rings (SSSR count). The first-order chi connectivity index (χ1) is 6.52. The average molecular weight is 231 g/mol. The van der Waals surface area contributed by atoms with Gasteiger partial charge in [-0.3, -0.25) is 0 Å². The molecule has 4 heteroatoms. The minimum absolute atomic E-state index is 0.0611. The van der Waals surface area contributed by atoms with Crippen molar-refractivity contribution in [2.75, 3.05) is 5.75 Å². The first-order valence-electron chi connectivity index (χ1n) is 4.50. The second-order valence-electron chi connectivity index (χ2n) is 3.83. The van der Waals surface area contributed by atoms with Crippen LogP contribution in [0.5, 0.6) is 0 Å². The molecule has 1 aliphatic carbocycles. The van der Waals surface area contributed by atoms with Gasteiger partial charge in [-0.1, -0.05) is 30.3 Å². The molecule has 0 saturated heterocycles. The average Bonchev–Trinajstić information content (AvgIpc) is 2.85. The summed E-state index contributed by atoms with van der Waals surface area (Å²) in [5.74, 6) is 0.0611. The van der Waals surface area contributed by atoms with Crippen molar-refractivity contribution < 1.29 is 8.42 Å². The molecule has 0 amide bonds. The topological polar surface area (TPSA) is 34.1 Å². The van der Waals surface area contributed by atoms with E-state index in [1.54, 1.807) is 0 Å². The predicted molar refractivity (Wildman–Crippen MR) is 57.0 cm³/mol. The van der Waals surface area contributed by atoms with Crippen molar-refractivity contribution in [2.45, 2.75) is 18.3 Å². The van der Waals surface area contributed by atoms with Crippen LogP contribution in [0, 0.1) is 0 Å². The molecule has 1 saturated carbocycles. The lowest BCUT2D eigenvalue weighted by molar-refractivity contribution is 0.600. The van der Waals surface area contributed by atoms with Gasteiger partial charge in [0.05, 0.1) is 5.75 Å². The van der Waals surface area contributed by atoms with E-state index >= 15 is 0 Å². The molecule has 0 N–H and O–H groups in total. The largest absolute Gasteiger partial charge is 0.233 e. The van der Waals surface area contributed by atoms with Gasteiger partial charge < -0.3 is 0 Å². The summed E-state index contributed by atoms with van der Waals surface area (Å²) in [6.07, 6.45) is 1.84. The van der Waals surface area contributed by atoms with Crippen LogP contribution in [0.3, 0.4) is 0 Å². The van der Waals surface area contributed by atoms with Gasteiger partial charge in [0.15, 0.2) is 0 Å². The van der Waals surface area contributed by atoms with E-state index in [0.29, 0.717) is 0 Å². The van der Waals surface area contributed by atoms with Gasteiger partial charge in [-0.15, -0.1) is 0 Å². The minimum Gasteiger partial charge on any atom is -0.212 e. The monoisotopic (exact) mass is 230 g/mol. The van der Waals surface area contributed by atoms with E-state index in [0.717, 1.165) is 18.4 Å². The van der Waals surface area contributed by atoms with E-state index in [2.05, 4.69) is 0 Å². The molecular weight excluding hydrogens is 220 g/mol. The maximum atomic E-state index is 11.0. The van der Waals surface area contributed by atoms with Gasteiger partial charge >= 0.3 is 0 Å². The maximum absolute atomic E-state index is 11.0. The van der Waals surface area contributed by atoms with Crippen molar-refractivity contribution in [3.63, 3.8) is 0 Å². The van der Waals surface area contributed by atoms with Gasteiger partial charge in [-0.2, -0.15) is 0 Å². The first-order valence-corrected chi connectivity index (χ1v) is 6.98. The Hall–Kier alpha value is -0.540. The van der Waals surface area contributed by atoms with Crippen molar-refractivity contribution in [3.05, 3.63) is 35.9 Å².